The zero-order chi connectivity index (χ0) is 21.8. The molecule has 0 aromatic carbocycles. The van der Waals surface area contributed by atoms with Gasteiger partial charge in [-0.25, -0.2) is 9.59 Å². The van der Waals surface area contributed by atoms with E-state index in [9.17, 15) is 18.0 Å². The molecule has 1 spiro atoms. The first-order chi connectivity index (χ1) is 14.2. The number of aromatic nitrogens is 1. The Labute approximate surface area is 176 Å². The van der Waals surface area contributed by atoms with Crippen LogP contribution in [0.5, 0.6) is 0 Å². The third kappa shape index (κ3) is 5.78. The van der Waals surface area contributed by atoms with Gasteiger partial charge in [-0.2, -0.15) is 13.2 Å². The Bertz CT molecular complexity index is 738. The number of likely N-dealkylation sites (tertiary alicyclic amines) is 2. The normalized spacial score (nSPS) is 22.4. The number of alkyl halides is 3. The summed E-state index contributed by atoms with van der Waals surface area (Å²) < 4.78 is 38.0. The Morgan fingerprint density at radius 2 is 1.90 bits per heavy atom. The maximum absolute atomic E-state index is 12.4. The molecule has 1 aromatic rings. The highest BCUT2D eigenvalue weighted by Crippen LogP contribution is 2.46. The number of urea groups is 1. The number of carbonyl (C=O) groups excluding carboxylic acids is 1. The third-order valence-electron chi connectivity index (χ3n) is 5.22. The van der Waals surface area contributed by atoms with Gasteiger partial charge < -0.3 is 19.6 Å². The molecule has 4 heterocycles. The van der Waals surface area contributed by atoms with Gasteiger partial charge in [-0.15, -0.1) is 11.8 Å². The summed E-state index contributed by atoms with van der Waals surface area (Å²) >= 11 is 1.98. The predicted molar refractivity (Wildman–Crippen MR) is 104 cm³/mol. The zero-order valence-corrected chi connectivity index (χ0v) is 17.1. The van der Waals surface area contributed by atoms with Crippen molar-refractivity contribution in [2.24, 2.45) is 0 Å². The SMILES string of the molecule is O=C(N1CCCC1)N1CC2(CC(OCc3ccccn3)CS2)C1.O=C(O)C(F)(F)F. The fraction of sp³-hybridized carbons (Fsp3) is 0.632. The monoisotopic (exact) mass is 447 g/mol. The lowest BCUT2D eigenvalue weighted by molar-refractivity contribution is -0.192. The Balaban J connectivity index is 0.000000318. The minimum atomic E-state index is -5.08. The Hall–Kier alpha value is -2.01. The number of pyridine rings is 1. The van der Waals surface area contributed by atoms with Gasteiger partial charge in [-0.3, -0.25) is 4.98 Å². The summed E-state index contributed by atoms with van der Waals surface area (Å²) in [6, 6.07) is 6.15. The highest BCUT2D eigenvalue weighted by molar-refractivity contribution is 8.01. The van der Waals surface area contributed by atoms with E-state index in [0.29, 0.717) is 6.61 Å². The maximum Gasteiger partial charge on any atom is 0.490 e. The molecule has 3 saturated heterocycles. The fourth-order valence-corrected chi connectivity index (χ4v) is 5.26. The number of thioether (sulfide) groups is 1. The second-order valence-electron chi connectivity index (χ2n) is 7.59. The predicted octanol–water partition coefficient (Wildman–Crippen LogP) is 3.01. The molecule has 0 radical (unpaired) electrons. The Morgan fingerprint density at radius 3 is 2.47 bits per heavy atom. The van der Waals surface area contributed by atoms with Crippen molar-refractivity contribution in [1.29, 1.82) is 0 Å². The van der Waals surface area contributed by atoms with Crippen LogP contribution in [-0.2, 0) is 16.1 Å². The standard InChI is InChI=1S/C17H23N3O2S.C2HF3O2/c21-16(19-7-3-4-8-19)20-12-17(13-20)9-15(11-23-17)22-10-14-5-1-2-6-18-14;3-2(4,5)1(6)7/h1-2,5-6,15H,3-4,7-13H2;(H,6,7). The van der Waals surface area contributed by atoms with Crippen LogP contribution >= 0.6 is 11.8 Å². The highest BCUT2D eigenvalue weighted by Gasteiger charge is 2.51. The minimum absolute atomic E-state index is 0.240. The van der Waals surface area contributed by atoms with E-state index in [1.54, 1.807) is 6.20 Å². The van der Waals surface area contributed by atoms with Crippen LogP contribution in [0, 0.1) is 0 Å². The summed E-state index contributed by atoms with van der Waals surface area (Å²) in [6.07, 6.45) is 0.364. The van der Waals surface area contributed by atoms with Gasteiger partial charge in [-0.1, -0.05) is 6.07 Å². The van der Waals surface area contributed by atoms with Crippen molar-refractivity contribution < 1.29 is 32.6 Å². The van der Waals surface area contributed by atoms with E-state index in [0.717, 1.165) is 56.9 Å². The number of halogens is 3. The van der Waals surface area contributed by atoms with Crippen molar-refractivity contribution in [1.82, 2.24) is 14.8 Å². The number of amides is 2. The van der Waals surface area contributed by atoms with Gasteiger partial charge in [-0.05, 0) is 31.4 Å². The summed E-state index contributed by atoms with van der Waals surface area (Å²) in [5, 5.41) is 7.12. The summed E-state index contributed by atoms with van der Waals surface area (Å²) in [7, 11) is 0. The van der Waals surface area contributed by atoms with Gasteiger partial charge in [0.05, 0.1) is 23.2 Å². The molecule has 3 aliphatic rings. The maximum atomic E-state index is 12.4. The number of aliphatic carboxylic acids is 1. The average molecular weight is 447 g/mol. The number of carbonyl (C=O) groups is 2. The summed E-state index contributed by atoms with van der Waals surface area (Å²) in [4.78, 5) is 29.6. The van der Waals surface area contributed by atoms with Crippen LogP contribution in [0.4, 0.5) is 18.0 Å². The van der Waals surface area contributed by atoms with Crippen molar-refractivity contribution in [3.63, 3.8) is 0 Å². The van der Waals surface area contributed by atoms with E-state index in [1.807, 2.05) is 39.8 Å². The molecular formula is C19H24F3N3O4S. The van der Waals surface area contributed by atoms with Crippen LogP contribution in [0.25, 0.3) is 0 Å². The topological polar surface area (TPSA) is 83.0 Å². The second-order valence-corrected chi connectivity index (χ2v) is 9.08. The number of ether oxygens (including phenoxy) is 1. The highest BCUT2D eigenvalue weighted by atomic mass is 32.2. The molecule has 3 aliphatic heterocycles. The second kappa shape index (κ2) is 9.42. The first-order valence-corrected chi connectivity index (χ1v) is 10.7. The molecule has 30 heavy (non-hydrogen) atoms. The van der Waals surface area contributed by atoms with Crippen LogP contribution < -0.4 is 0 Å². The molecule has 3 fully saturated rings. The largest absolute Gasteiger partial charge is 0.490 e. The lowest BCUT2D eigenvalue weighted by atomic mass is 9.93. The smallest absolute Gasteiger partial charge is 0.475 e. The van der Waals surface area contributed by atoms with E-state index < -0.39 is 12.1 Å². The molecule has 0 saturated carbocycles. The van der Waals surface area contributed by atoms with Crippen molar-refractivity contribution in [2.45, 2.75) is 42.9 Å². The molecule has 0 aliphatic carbocycles. The van der Waals surface area contributed by atoms with E-state index in [2.05, 4.69) is 4.98 Å². The van der Waals surface area contributed by atoms with Gasteiger partial charge in [0, 0.05) is 38.1 Å². The number of carboxylic acid groups (broad SMARTS) is 1. The molecule has 1 N–H and O–H groups in total. The lowest BCUT2D eigenvalue weighted by Crippen LogP contribution is -2.63. The van der Waals surface area contributed by atoms with Gasteiger partial charge in [0.25, 0.3) is 0 Å². The fourth-order valence-electron chi connectivity index (χ4n) is 3.71. The van der Waals surface area contributed by atoms with Crippen molar-refractivity contribution in [3.05, 3.63) is 30.1 Å². The Morgan fingerprint density at radius 1 is 1.23 bits per heavy atom. The van der Waals surface area contributed by atoms with Crippen molar-refractivity contribution >= 4 is 23.8 Å². The third-order valence-corrected chi connectivity index (χ3v) is 6.79. The average Bonchev–Trinajstić information content (AvgIpc) is 3.35. The number of hydrogen-bond donors (Lipinski definition) is 1. The molecule has 4 rings (SSSR count). The number of nitrogens with zero attached hydrogens (tertiary/aromatic N) is 3. The zero-order valence-electron chi connectivity index (χ0n) is 16.3. The molecule has 0 bridgehead atoms. The van der Waals surface area contributed by atoms with Crippen LogP contribution in [0.3, 0.4) is 0 Å². The number of hydrogen-bond acceptors (Lipinski definition) is 5. The molecule has 1 unspecified atom stereocenters. The van der Waals surface area contributed by atoms with Gasteiger partial charge >= 0.3 is 18.2 Å². The minimum Gasteiger partial charge on any atom is -0.475 e. The molecule has 7 nitrogen and oxygen atoms in total. The van der Waals surface area contributed by atoms with E-state index >= 15 is 0 Å². The first kappa shape index (κ1) is 22.7. The summed E-state index contributed by atoms with van der Waals surface area (Å²) in [5.41, 5.74) is 0.984. The number of carboxylic acids is 1. The van der Waals surface area contributed by atoms with E-state index in [1.165, 1.54) is 0 Å². The van der Waals surface area contributed by atoms with Crippen LogP contribution in [0.15, 0.2) is 24.4 Å². The van der Waals surface area contributed by atoms with E-state index in [-0.39, 0.29) is 16.9 Å². The number of rotatable bonds is 3. The van der Waals surface area contributed by atoms with Gasteiger partial charge in [0.1, 0.15) is 0 Å². The molecular weight excluding hydrogens is 423 g/mol. The molecule has 1 aromatic heterocycles. The molecule has 11 heteroatoms. The van der Waals surface area contributed by atoms with Crippen molar-refractivity contribution in [3.8, 4) is 0 Å². The summed E-state index contributed by atoms with van der Waals surface area (Å²) in [5.74, 6) is -1.73. The lowest BCUT2D eigenvalue weighted by Gasteiger charge is -2.48. The molecule has 166 valence electrons. The Kier molecular flexibility index (Phi) is 7.12. The van der Waals surface area contributed by atoms with Crippen LogP contribution in [-0.4, -0.2) is 80.8 Å². The van der Waals surface area contributed by atoms with E-state index in [4.69, 9.17) is 14.6 Å². The van der Waals surface area contributed by atoms with Crippen LogP contribution in [0.2, 0.25) is 0 Å². The van der Waals surface area contributed by atoms with Gasteiger partial charge in [0.15, 0.2) is 0 Å². The molecule has 1 atom stereocenters. The molecule has 2 amide bonds. The quantitative estimate of drug-likeness (QED) is 0.767. The summed E-state index contributed by atoms with van der Waals surface area (Å²) in [6.45, 7) is 4.22. The first-order valence-electron chi connectivity index (χ1n) is 9.68. The van der Waals surface area contributed by atoms with Crippen LogP contribution in [0.1, 0.15) is 25.0 Å². The van der Waals surface area contributed by atoms with Gasteiger partial charge in [0.2, 0.25) is 0 Å². The van der Waals surface area contributed by atoms with Crippen molar-refractivity contribution in [2.75, 3.05) is 31.9 Å².